The minimum atomic E-state index is -3.62. The van der Waals surface area contributed by atoms with Crippen LogP contribution in [0.25, 0.3) is 0 Å². The smallest absolute Gasteiger partial charge is 0.304 e. The Morgan fingerprint density at radius 2 is 1.89 bits per heavy atom. The second-order valence-corrected chi connectivity index (χ2v) is 5.75. The fourth-order valence-electron chi connectivity index (χ4n) is 1.31. The molecule has 18 heavy (non-hydrogen) atoms. The van der Waals surface area contributed by atoms with Gasteiger partial charge in [-0.05, 0) is 24.3 Å². The lowest BCUT2D eigenvalue weighted by Gasteiger charge is -2.19. The topological polar surface area (TPSA) is 83.9 Å². The summed E-state index contributed by atoms with van der Waals surface area (Å²) in [6, 6.07) is 6.46. The highest BCUT2D eigenvalue weighted by molar-refractivity contribution is 7.92. The molecule has 0 fully saturated rings. The van der Waals surface area contributed by atoms with Crippen molar-refractivity contribution in [3.63, 3.8) is 0 Å². The summed E-state index contributed by atoms with van der Waals surface area (Å²) >= 11 is 0. The first-order valence-corrected chi connectivity index (χ1v) is 6.80. The summed E-state index contributed by atoms with van der Waals surface area (Å²) in [5.74, 6) is -0.943. The second-order valence-electron chi connectivity index (χ2n) is 3.63. The number of sulfonamides is 1. The largest absolute Gasteiger partial charge is 0.497 e. The third kappa shape index (κ3) is 3.63. The quantitative estimate of drug-likeness (QED) is 0.833. The van der Waals surface area contributed by atoms with Crippen molar-refractivity contribution in [3.8, 4) is 5.75 Å². The maximum absolute atomic E-state index is 11.8. The molecule has 1 aromatic rings. The van der Waals surface area contributed by atoms with Gasteiger partial charge in [-0.2, -0.15) is 0 Å². The van der Waals surface area contributed by atoms with E-state index in [-0.39, 0.29) is 0 Å². The number of benzene rings is 1. The summed E-state index contributed by atoms with van der Waals surface area (Å²) in [5, 5.41) is 8.50. The maximum Gasteiger partial charge on any atom is 0.304 e. The first-order valence-electron chi connectivity index (χ1n) is 5.19. The van der Waals surface area contributed by atoms with Gasteiger partial charge in [0.15, 0.2) is 0 Å². The number of hydrogen-bond donors (Lipinski definition) is 1. The molecule has 0 heterocycles. The fraction of sp³-hybridized carbons (Fsp3) is 0.364. The zero-order valence-electron chi connectivity index (χ0n) is 10.2. The summed E-state index contributed by atoms with van der Waals surface area (Å²) in [7, 11) is -0.712. The molecule has 0 atom stereocenters. The van der Waals surface area contributed by atoms with Gasteiger partial charge in [0.25, 0.3) is 0 Å². The molecule has 0 aliphatic rings. The number of carbonyl (C=O) groups is 1. The van der Waals surface area contributed by atoms with Crippen LogP contribution >= 0.6 is 0 Å². The molecule has 0 unspecified atom stereocenters. The number of anilines is 1. The Labute approximate surface area is 106 Å². The molecule has 0 radical (unpaired) electrons. The molecule has 7 heteroatoms. The molecule has 0 spiro atoms. The van der Waals surface area contributed by atoms with E-state index in [0.29, 0.717) is 11.4 Å². The number of carboxylic acids is 1. The van der Waals surface area contributed by atoms with Crippen LogP contribution in [0, 0.1) is 0 Å². The molecule has 1 rings (SSSR count). The van der Waals surface area contributed by atoms with Crippen molar-refractivity contribution < 1.29 is 23.1 Å². The highest BCUT2D eigenvalue weighted by Gasteiger charge is 2.19. The first kappa shape index (κ1) is 14.3. The molecule has 0 aromatic heterocycles. The Morgan fingerprint density at radius 1 is 1.33 bits per heavy atom. The zero-order chi connectivity index (χ0) is 13.8. The molecule has 6 nitrogen and oxygen atoms in total. The van der Waals surface area contributed by atoms with E-state index in [1.54, 1.807) is 24.3 Å². The Kier molecular flexibility index (Phi) is 4.55. The minimum Gasteiger partial charge on any atom is -0.497 e. The average molecular weight is 273 g/mol. The Balaban J connectivity index is 2.84. The molecule has 0 aliphatic carbocycles. The van der Waals surface area contributed by atoms with Gasteiger partial charge < -0.3 is 9.84 Å². The molecular formula is C11H15NO5S. The Bertz CT molecular complexity index is 509. The average Bonchev–Trinajstić information content (AvgIpc) is 2.36. The van der Waals surface area contributed by atoms with Crippen molar-refractivity contribution >= 4 is 21.7 Å². The number of nitrogens with zero attached hydrogens (tertiary/aromatic N) is 1. The monoisotopic (exact) mass is 273 g/mol. The van der Waals surface area contributed by atoms with Gasteiger partial charge in [0.05, 0.1) is 25.0 Å². The van der Waals surface area contributed by atoms with Crippen molar-refractivity contribution in [2.75, 3.05) is 24.2 Å². The summed E-state index contributed by atoms with van der Waals surface area (Å²) in [5.41, 5.74) is 0.459. The van der Waals surface area contributed by atoms with Crippen molar-refractivity contribution in [2.45, 2.75) is 6.42 Å². The molecular weight excluding hydrogens is 258 g/mol. The minimum absolute atomic E-state index is 0.414. The number of carboxylic acid groups (broad SMARTS) is 1. The predicted octanol–water partition coefficient (Wildman–Crippen LogP) is 0.936. The molecule has 0 saturated heterocycles. The van der Waals surface area contributed by atoms with Gasteiger partial charge in [0, 0.05) is 7.05 Å². The predicted molar refractivity (Wildman–Crippen MR) is 67.4 cm³/mol. The van der Waals surface area contributed by atoms with Gasteiger partial charge in [-0.15, -0.1) is 0 Å². The Morgan fingerprint density at radius 3 is 2.33 bits per heavy atom. The molecule has 100 valence electrons. The van der Waals surface area contributed by atoms with Crippen LogP contribution in [0.3, 0.4) is 0 Å². The fourth-order valence-corrected chi connectivity index (χ4v) is 2.46. The zero-order valence-corrected chi connectivity index (χ0v) is 11.0. The van der Waals surface area contributed by atoms with Crippen molar-refractivity contribution in [2.24, 2.45) is 0 Å². The van der Waals surface area contributed by atoms with E-state index in [4.69, 9.17) is 9.84 Å². The molecule has 0 amide bonds. The summed E-state index contributed by atoms with van der Waals surface area (Å²) in [6.45, 7) is 0. The molecule has 0 saturated carbocycles. The number of ether oxygens (including phenoxy) is 1. The van der Waals surface area contributed by atoms with Gasteiger partial charge in [0.2, 0.25) is 10.0 Å². The van der Waals surface area contributed by atoms with Gasteiger partial charge in [-0.1, -0.05) is 0 Å². The molecule has 0 bridgehead atoms. The van der Waals surface area contributed by atoms with Crippen LogP contribution in [0.2, 0.25) is 0 Å². The normalized spacial score (nSPS) is 11.0. The van der Waals surface area contributed by atoms with E-state index >= 15 is 0 Å². The van der Waals surface area contributed by atoms with Crippen molar-refractivity contribution in [1.29, 1.82) is 0 Å². The van der Waals surface area contributed by atoms with Gasteiger partial charge >= 0.3 is 5.97 Å². The van der Waals surface area contributed by atoms with E-state index < -0.39 is 28.2 Å². The summed E-state index contributed by atoms with van der Waals surface area (Å²) < 4.78 is 29.7. The third-order valence-electron chi connectivity index (χ3n) is 2.43. The van der Waals surface area contributed by atoms with E-state index in [1.807, 2.05) is 0 Å². The number of aliphatic carboxylic acids is 1. The highest BCUT2D eigenvalue weighted by Crippen LogP contribution is 2.20. The van der Waals surface area contributed by atoms with Crippen LogP contribution in [-0.4, -0.2) is 39.4 Å². The lowest BCUT2D eigenvalue weighted by molar-refractivity contribution is -0.136. The van der Waals surface area contributed by atoms with Gasteiger partial charge in [0.1, 0.15) is 5.75 Å². The van der Waals surface area contributed by atoms with Gasteiger partial charge in [-0.3, -0.25) is 9.10 Å². The van der Waals surface area contributed by atoms with Crippen LogP contribution in [0.1, 0.15) is 6.42 Å². The van der Waals surface area contributed by atoms with E-state index in [9.17, 15) is 13.2 Å². The standard InChI is InChI=1S/C11H15NO5S/c1-12(18(15,16)8-7-11(13)14)9-3-5-10(17-2)6-4-9/h3-6H,7-8H2,1-2H3,(H,13,14). The number of hydrogen-bond acceptors (Lipinski definition) is 4. The molecule has 1 N–H and O–H groups in total. The van der Waals surface area contributed by atoms with E-state index in [0.717, 1.165) is 4.31 Å². The maximum atomic E-state index is 11.8. The summed E-state index contributed by atoms with van der Waals surface area (Å²) in [4.78, 5) is 10.4. The number of methoxy groups -OCH3 is 1. The SMILES string of the molecule is COc1ccc(N(C)S(=O)(=O)CCC(=O)O)cc1. The van der Waals surface area contributed by atoms with Gasteiger partial charge in [-0.25, -0.2) is 8.42 Å². The van der Waals surface area contributed by atoms with Crippen molar-refractivity contribution in [1.82, 2.24) is 0 Å². The second kappa shape index (κ2) is 5.72. The van der Waals surface area contributed by atoms with Crippen LogP contribution in [0.15, 0.2) is 24.3 Å². The molecule has 0 aliphatic heterocycles. The van der Waals surface area contributed by atoms with E-state index in [2.05, 4.69) is 0 Å². The Hall–Kier alpha value is -1.76. The molecule has 1 aromatic carbocycles. The van der Waals surface area contributed by atoms with Crippen LogP contribution in [0.4, 0.5) is 5.69 Å². The lowest BCUT2D eigenvalue weighted by Crippen LogP contribution is -2.29. The van der Waals surface area contributed by atoms with Crippen molar-refractivity contribution in [3.05, 3.63) is 24.3 Å². The van der Waals surface area contributed by atoms with Crippen LogP contribution in [0.5, 0.6) is 5.75 Å². The number of rotatable bonds is 6. The van der Waals surface area contributed by atoms with Crippen LogP contribution < -0.4 is 9.04 Å². The van der Waals surface area contributed by atoms with E-state index in [1.165, 1.54) is 14.2 Å². The lowest BCUT2D eigenvalue weighted by atomic mass is 10.3. The highest BCUT2D eigenvalue weighted by atomic mass is 32.2. The summed E-state index contributed by atoms with van der Waals surface area (Å²) in [6.07, 6.45) is -0.414. The van der Waals surface area contributed by atoms with Crippen LogP contribution in [-0.2, 0) is 14.8 Å². The first-order chi connectivity index (χ1) is 8.36. The third-order valence-corrected chi connectivity index (χ3v) is 4.19.